The first kappa shape index (κ1) is 25.3. The lowest BCUT2D eigenvalue weighted by atomic mass is 10.1. The molecule has 1 rings (SSSR count). The third-order valence-electron chi connectivity index (χ3n) is 4.98. The highest BCUT2D eigenvalue weighted by molar-refractivity contribution is 7.99. The fraction of sp³-hybridized carbons (Fsp3) is 0.591. The van der Waals surface area contributed by atoms with Gasteiger partial charge in [0.05, 0.1) is 6.04 Å². The molecular weight excluding hydrogens is 386 g/mol. The molecule has 0 bridgehead atoms. The van der Waals surface area contributed by atoms with E-state index in [4.69, 9.17) is 5.73 Å². The highest BCUT2D eigenvalue weighted by Gasteiger charge is 2.18. The van der Waals surface area contributed by atoms with Crippen LogP contribution >= 0.6 is 11.8 Å². The number of nitrogens with two attached hydrogens (primary N) is 1. The summed E-state index contributed by atoms with van der Waals surface area (Å²) in [5.74, 6) is 0.913. The molecule has 0 aromatic heterocycles. The average molecular weight is 422 g/mol. The van der Waals surface area contributed by atoms with E-state index < -0.39 is 0 Å². The van der Waals surface area contributed by atoms with Crippen LogP contribution in [0.2, 0.25) is 0 Å². The largest absolute Gasteiger partial charge is 0.359 e. The minimum atomic E-state index is -0.368. The Labute approximate surface area is 179 Å². The zero-order valence-corrected chi connectivity index (χ0v) is 18.5. The Morgan fingerprint density at radius 3 is 2.59 bits per heavy atom. The second-order valence-corrected chi connectivity index (χ2v) is 8.31. The Hall–Kier alpha value is -1.70. The summed E-state index contributed by atoms with van der Waals surface area (Å²) >= 11 is 1.76. The number of unbranched alkanes of at least 4 members (excludes halogenated alkanes) is 4. The molecule has 0 aliphatic rings. The number of rotatable bonds is 16. The molecule has 0 saturated heterocycles. The van der Waals surface area contributed by atoms with Crippen LogP contribution in [0.4, 0.5) is 0 Å². The molecular formula is C22H35N3O3S. The number of amides is 1. The third-order valence-corrected chi connectivity index (χ3v) is 6.17. The van der Waals surface area contributed by atoms with Gasteiger partial charge in [0.25, 0.3) is 0 Å². The number of nitrogens with zero attached hydrogens (tertiary/aromatic N) is 1. The molecule has 29 heavy (non-hydrogen) atoms. The van der Waals surface area contributed by atoms with E-state index in [1.54, 1.807) is 18.8 Å². The van der Waals surface area contributed by atoms with E-state index in [0.29, 0.717) is 24.9 Å². The molecule has 7 heteroatoms. The number of benzene rings is 1. The van der Waals surface area contributed by atoms with Gasteiger partial charge >= 0.3 is 0 Å². The topological polar surface area (TPSA) is 92.5 Å². The fourth-order valence-electron chi connectivity index (χ4n) is 3.12. The minimum Gasteiger partial charge on any atom is -0.359 e. The lowest BCUT2D eigenvalue weighted by Crippen LogP contribution is -2.34. The summed E-state index contributed by atoms with van der Waals surface area (Å²) in [6, 6.07) is 5.38. The van der Waals surface area contributed by atoms with Crippen molar-refractivity contribution in [3.05, 3.63) is 29.3 Å². The van der Waals surface area contributed by atoms with Gasteiger partial charge in [-0.05, 0) is 50.2 Å². The summed E-state index contributed by atoms with van der Waals surface area (Å²) < 4.78 is 0. The van der Waals surface area contributed by atoms with Crippen molar-refractivity contribution in [1.82, 2.24) is 10.2 Å². The van der Waals surface area contributed by atoms with Crippen LogP contribution < -0.4 is 11.1 Å². The van der Waals surface area contributed by atoms with E-state index in [9.17, 15) is 14.4 Å². The monoisotopic (exact) mass is 421 g/mol. The maximum Gasteiger partial charge on any atom is 0.219 e. The summed E-state index contributed by atoms with van der Waals surface area (Å²) in [5, 5.41) is 2.58. The summed E-state index contributed by atoms with van der Waals surface area (Å²) in [4.78, 5) is 37.6. The zero-order valence-electron chi connectivity index (χ0n) is 17.7. The molecule has 0 fully saturated rings. The quantitative estimate of drug-likeness (QED) is 0.242. The smallest absolute Gasteiger partial charge is 0.219 e. The van der Waals surface area contributed by atoms with Crippen molar-refractivity contribution in [2.45, 2.75) is 62.4 Å². The molecule has 1 unspecified atom stereocenters. The van der Waals surface area contributed by atoms with Crippen molar-refractivity contribution in [3.63, 3.8) is 0 Å². The molecule has 162 valence electrons. The van der Waals surface area contributed by atoms with Crippen LogP contribution in [0.3, 0.4) is 0 Å². The predicted octanol–water partition coefficient (Wildman–Crippen LogP) is 3.03. The van der Waals surface area contributed by atoms with Gasteiger partial charge in [-0.2, -0.15) is 0 Å². The average Bonchev–Trinajstić information content (AvgIpc) is 2.74. The van der Waals surface area contributed by atoms with Crippen LogP contribution in [-0.4, -0.2) is 55.8 Å². The first-order valence-electron chi connectivity index (χ1n) is 10.3. The highest BCUT2D eigenvalue weighted by Crippen LogP contribution is 2.28. The van der Waals surface area contributed by atoms with Gasteiger partial charge in [-0.15, -0.1) is 11.8 Å². The second-order valence-electron chi connectivity index (χ2n) is 7.18. The van der Waals surface area contributed by atoms with E-state index in [2.05, 4.69) is 5.32 Å². The van der Waals surface area contributed by atoms with Crippen molar-refractivity contribution >= 4 is 30.2 Å². The van der Waals surface area contributed by atoms with Gasteiger partial charge in [-0.3, -0.25) is 14.5 Å². The number of aldehydes is 2. The molecule has 3 N–H and O–H groups in total. The van der Waals surface area contributed by atoms with Crippen LogP contribution in [0, 0.1) is 0 Å². The van der Waals surface area contributed by atoms with Crippen LogP contribution in [0.25, 0.3) is 0 Å². The SMILES string of the molecule is CNC(=O)CCC(C=O)N(C)Cc1c(C=O)cccc1SCCCCCCCN. The molecule has 6 nitrogen and oxygen atoms in total. The van der Waals surface area contributed by atoms with Gasteiger partial charge in [0, 0.05) is 30.5 Å². The number of hydrogen-bond donors (Lipinski definition) is 2. The Morgan fingerprint density at radius 2 is 1.93 bits per heavy atom. The first-order chi connectivity index (χ1) is 14.1. The Kier molecular flexibility index (Phi) is 13.3. The van der Waals surface area contributed by atoms with E-state index >= 15 is 0 Å². The third kappa shape index (κ3) is 9.56. The van der Waals surface area contributed by atoms with Crippen LogP contribution in [0.1, 0.15) is 60.9 Å². The van der Waals surface area contributed by atoms with E-state index in [0.717, 1.165) is 48.2 Å². The van der Waals surface area contributed by atoms with Gasteiger partial charge in [0.15, 0.2) is 0 Å². The minimum absolute atomic E-state index is 0.0822. The van der Waals surface area contributed by atoms with Crippen molar-refractivity contribution in [3.8, 4) is 0 Å². The van der Waals surface area contributed by atoms with Gasteiger partial charge in [-0.25, -0.2) is 0 Å². The van der Waals surface area contributed by atoms with E-state index in [1.165, 1.54) is 19.3 Å². The normalized spacial score (nSPS) is 12.0. The summed E-state index contributed by atoms with van der Waals surface area (Å²) in [5.41, 5.74) is 7.13. The number of carbonyl (C=O) groups excluding carboxylic acids is 3. The molecule has 0 aliphatic carbocycles. The molecule has 1 aromatic rings. The number of nitrogens with one attached hydrogen (secondary N) is 1. The van der Waals surface area contributed by atoms with E-state index in [-0.39, 0.29) is 11.9 Å². The molecule has 0 spiro atoms. The number of thioether (sulfide) groups is 1. The van der Waals surface area contributed by atoms with Gasteiger partial charge < -0.3 is 15.8 Å². The fourth-order valence-corrected chi connectivity index (χ4v) is 4.22. The van der Waals surface area contributed by atoms with Crippen molar-refractivity contribution in [1.29, 1.82) is 0 Å². The Balaban J connectivity index is 2.71. The standard InChI is InChI=1S/C22H35N3O3S/c1-24-22(28)12-11-19(17-27)25(2)15-20-18(16-26)9-8-10-21(20)29-14-7-5-3-4-6-13-23/h8-10,16-17,19H,3-7,11-15,23H2,1-2H3,(H,24,28). The summed E-state index contributed by atoms with van der Waals surface area (Å²) in [6.07, 6.45) is 8.28. The summed E-state index contributed by atoms with van der Waals surface area (Å²) in [6.45, 7) is 1.25. The maximum absolute atomic E-state index is 11.6. The second kappa shape index (κ2) is 15.2. The van der Waals surface area contributed by atoms with Gasteiger partial charge in [0.2, 0.25) is 5.91 Å². The molecule has 0 aliphatic heterocycles. The molecule has 0 heterocycles. The first-order valence-corrected chi connectivity index (χ1v) is 11.3. The number of likely N-dealkylation sites (N-methyl/N-ethyl adjacent to an activating group) is 1. The van der Waals surface area contributed by atoms with Crippen molar-refractivity contribution in [2.24, 2.45) is 5.73 Å². The number of hydrogen-bond acceptors (Lipinski definition) is 6. The highest BCUT2D eigenvalue weighted by atomic mass is 32.2. The lowest BCUT2D eigenvalue weighted by molar-refractivity contribution is -0.121. The molecule has 0 radical (unpaired) electrons. The summed E-state index contributed by atoms with van der Waals surface area (Å²) in [7, 11) is 3.44. The van der Waals surface area contributed by atoms with Gasteiger partial charge in [-0.1, -0.05) is 31.4 Å². The molecule has 1 atom stereocenters. The number of carbonyl (C=O) groups is 3. The molecule has 1 amide bonds. The predicted molar refractivity (Wildman–Crippen MR) is 119 cm³/mol. The van der Waals surface area contributed by atoms with E-state index in [1.807, 2.05) is 30.1 Å². The van der Waals surface area contributed by atoms with Gasteiger partial charge in [0.1, 0.15) is 12.6 Å². The Bertz CT molecular complexity index is 640. The van der Waals surface area contributed by atoms with Crippen molar-refractivity contribution in [2.75, 3.05) is 26.4 Å². The zero-order chi connectivity index (χ0) is 21.5. The Morgan fingerprint density at radius 1 is 1.21 bits per heavy atom. The van der Waals surface area contributed by atoms with Crippen LogP contribution in [0.5, 0.6) is 0 Å². The maximum atomic E-state index is 11.6. The van der Waals surface area contributed by atoms with Crippen LogP contribution in [-0.2, 0) is 16.1 Å². The van der Waals surface area contributed by atoms with Crippen molar-refractivity contribution < 1.29 is 14.4 Å². The van der Waals surface area contributed by atoms with Crippen LogP contribution in [0.15, 0.2) is 23.1 Å². The molecule has 1 aromatic carbocycles. The lowest BCUT2D eigenvalue weighted by Gasteiger charge is -2.25. The molecule has 0 saturated carbocycles.